The predicted molar refractivity (Wildman–Crippen MR) is 216 cm³/mol. The fraction of sp³-hybridized carbons (Fsp3) is 0.743. The first-order valence-corrected chi connectivity index (χ1v) is 33.0. The Morgan fingerprint density at radius 1 is 0.449 bits per heavy atom. The van der Waals surface area contributed by atoms with Gasteiger partial charge in [0.15, 0.2) is 33.3 Å². The highest BCUT2D eigenvalue weighted by molar-refractivity contribution is 6.88. The van der Waals surface area contributed by atoms with Gasteiger partial charge in [-0.15, -0.1) is 0 Å². The number of ether oxygens (including phenoxy) is 3. The molecular weight excluding hydrogens is 705 g/mol. The number of hydrogen-bond donors (Lipinski definition) is 0. The lowest BCUT2D eigenvalue weighted by Crippen LogP contribution is -2.52. The molecule has 0 atom stereocenters. The van der Waals surface area contributed by atoms with Crippen molar-refractivity contribution in [2.75, 3.05) is 19.8 Å². The molecule has 0 fully saturated rings. The summed E-state index contributed by atoms with van der Waals surface area (Å²) in [5.41, 5.74) is 1.30. The summed E-state index contributed by atoms with van der Waals surface area (Å²) < 4.78 is 35.0. The van der Waals surface area contributed by atoms with Crippen molar-refractivity contribution >= 4 is 59.7 Å². The number of carbonyl (C=O) groups excluding carboxylic acids is 3. The van der Waals surface area contributed by atoms with Crippen molar-refractivity contribution in [1.29, 1.82) is 0 Å². The van der Waals surface area contributed by atoms with Gasteiger partial charge in [0.25, 0.3) is 0 Å². The summed E-state index contributed by atoms with van der Waals surface area (Å²) in [6, 6.07) is 4.08. The van der Waals surface area contributed by atoms with Crippen LogP contribution in [0.15, 0.2) is 36.5 Å². The lowest BCUT2D eigenvalue weighted by atomic mass is 10.4. The van der Waals surface area contributed by atoms with Gasteiger partial charge in [-0.25, -0.2) is 14.4 Å². The summed E-state index contributed by atoms with van der Waals surface area (Å²) in [6.07, 6.45) is 4.93. The predicted octanol–water partition coefficient (Wildman–Crippen LogP) is 9.87. The van der Waals surface area contributed by atoms with Crippen LogP contribution in [0.1, 0.15) is 59.8 Å². The van der Waals surface area contributed by atoms with E-state index in [0.29, 0.717) is 36.5 Å². The lowest BCUT2D eigenvalue weighted by Gasteiger charge is -2.38. The number of rotatable bonds is 24. The van der Waals surface area contributed by atoms with E-state index >= 15 is 0 Å². The molecule has 9 nitrogen and oxygen atoms in total. The maximum Gasteiger partial charge on any atom is 0.333 e. The topological polar surface area (TPSA) is 107 Å². The van der Waals surface area contributed by atoms with Crippen molar-refractivity contribution in [1.82, 2.24) is 0 Å². The third-order valence-corrected chi connectivity index (χ3v) is 26.2. The quantitative estimate of drug-likeness (QED) is 0.0311. The SMILES string of the molecule is C=C(C)C(=O)OCCC[Si](C)(C)O[Si](C)(C)CCCC.C=C(C)C(=O)OCCC[Si](C)(C)O[Si](C)(C)O[Si](C)(C)CCCOC(=O)C(=C)C. The van der Waals surface area contributed by atoms with Gasteiger partial charge in [-0.3, -0.25) is 0 Å². The Morgan fingerprint density at radius 3 is 0.939 bits per heavy atom. The lowest BCUT2D eigenvalue weighted by molar-refractivity contribution is -0.139. The average Bonchev–Trinajstić information content (AvgIpc) is 2.92. The van der Waals surface area contributed by atoms with Gasteiger partial charge in [0.05, 0.1) is 19.8 Å². The molecule has 0 rings (SSSR count). The van der Waals surface area contributed by atoms with E-state index < -0.39 is 41.8 Å². The second-order valence-corrected chi connectivity index (χ2v) is 37.2. The molecule has 0 unspecified atom stereocenters. The molecule has 49 heavy (non-hydrogen) atoms. The smallest absolute Gasteiger partial charge is 0.333 e. The second-order valence-electron chi connectivity index (χ2n) is 15.9. The van der Waals surface area contributed by atoms with Gasteiger partial charge in [0, 0.05) is 16.7 Å². The Labute approximate surface area is 305 Å². The van der Waals surface area contributed by atoms with E-state index in [-0.39, 0.29) is 17.9 Å². The minimum absolute atomic E-state index is 0.289. The summed E-state index contributed by atoms with van der Waals surface area (Å²) in [4.78, 5) is 34.2. The maximum atomic E-state index is 11.4. The van der Waals surface area contributed by atoms with E-state index in [9.17, 15) is 14.4 Å². The number of carbonyl (C=O) groups is 3. The van der Waals surface area contributed by atoms with Crippen LogP contribution >= 0.6 is 0 Å². The summed E-state index contributed by atoms with van der Waals surface area (Å²) in [6.45, 7) is 41.3. The van der Waals surface area contributed by atoms with Crippen LogP contribution in [-0.2, 0) is 40.9 Å². The number of esters is 3. The summed E-state index contributed by atoms with van der Waals surface area (Å²) in [5.74, 6) is -0.974. The second kappa shape index (κ2) is 23.2. The zero-order valence-corrected chi connectivity index (χ0v) is 38.8. The maximum absolute atomic E-state index is 11.4. The summed E-state index contributed by atoms with van der Waals surface area (Å²) >= 11 is 0. The highest BCUT2D eigenvalue weighted by atomic mass is 28.5. The van der Waals surface area contributed by atoms with Gasteiger partial charge in [-0.1, -0.05) is 39.5 Å². The molecule has 0 aliphatic carbocycles. The Bertz CT molecular complexity index is 1040. The first kappa shape index (κ1) is 49.7. The summed E-state index contributed by atoms with van der Waals surface area (Å²) in [5, 5.41) is 0. The first-order chi connectivity index (χ1) is 22.2. The molecule has 0 heterocycles. The van der Waals surface area contributed by atoms with E-state index in [1.807, 2.05) is 0 Å². The van der Waals surface area contributed by atoms with Crippen LogP contribution in [-0.4, -0.2) is 79.6 Å². The molecule has 0 saturated heterocycles. The van der Waals surface area contributed by atoms with Crippen LogP contribution in [0.4, 0.5) is 0 Å². The molecule has 0 aliphatic rings. The molecule has 0 N–H and O–H groups in total. The van der Waals surface area contributed by atoms with Crippen molar-refractivity contribution < 1.29 is 40.9 Å². The van der Waals surface area contributed by atoms with E-state index in [1.54, 1.807) is 20.8 Å². The van der Waals surface area contributed by atoms with Crippen LogP contribution in [0.25, 0.3) is 0 Å². The molecule has 0 aromatic rings. The van der Waals surface area contributed by atoms with E-state index in [0.717, 1.165) is 37.4 Å². The van der Waals surface area contributed by atoms with E-state index in [1.165, 1.54) is 18.9 Å². The van der Waals surface area contributed by atoms with Gasteiger partial charge in [0.1, 0.15) is 0 Å². The van der Waals surface area contributed by atoms with Crippen molar-refractivity contribution in [3.05, 3.63) is 36.5 Å². The highest BCUT2D eigenvalue weighted by Crippen LogP contribution is 2.27. The van der Waals surface area contributed by atoms with E-state index in [2.05, 4.69) is 92.1 Å². The van der Waals surface area contributed by atoms with Gasteiger partial charge < -0.3 is 26.6 Å². The van der Waals surface area contributed by atoms with Crippen molar-refractivity contribution in [3.63, 3.8) is 0 Å². The van der Waals surface area contributed by atoms with Gasteiger partial charge in [0.2, 0.25) is 0 Å². The fourth-order valence-electron chi connectivity index (χ4n) is 5.26. The monoisotopic (exact) mass is 776 g/mol. The molecule has 286 valence electrons. The standard InChI is InChI=1S/C20H40O6Si3.C15H32O3Si2/c1-17(2)19(21)23-13-11-15-27(5,6)25-29(9,10)26-28(7,8)16-12-14-24-20(22)18(3)4;1-8-9-12-19(4,5)18-20(6,7)13-10-11-17-15(16)14(2)3/h1,3,11-16H2,2,4-10H3;2,8-13H2,1,3-7H3. The molecular formula is C35H72O9Si5. The van der Waals surface area contributed by atoms with Crippen LogP contribution in [0.5, 0.6) is 0 Å². The molecule has 0 spiro atoms. The Morgan fingerprint density at radius 2 is 0.694 bits per heavy atom. The van der Waals surface area contributed by atoms with Crippen molar-refractivity contribution in [2.45, 2.75) is 149 Å². The number of hydrogen-bond acceptors (Lipinski definition) is 9. The molecule has 14 heteroatoms. The molecule has 0 radical (unpaired) electrons. The first-order valence-electron chi connectivity index (χ1n) is 17.7. The number of unbranched alkanes of at least 4 members (excludes halogenated alkanes) is 1. The Balaban J connectivity index is 0. The van der Waals surface area contributed by atoms with E-state index in [4.69, 9.17) is 26.6 Å². The minimum Gasteiger partial charge on any atom is -0.462 e. The van der Waals surface area contributed by atoms with Crippen molar-refractivity contribution in [3.8, 4) is 0 Å². The molecule has 0 saturated carbocycles. The largest absolute Gasteiger partial charge is 0.462 e. The third-order valence-electron chi connectivity index (χ3n) is 7.24. The normalized spacial score (nSPS) is 12.4. The van der Waals surface area contributed by atoms with Gasteiger partial charge in [-0.05, 0) is 130 Å². The van der Waals surface area contributed by atoms with Gasteiger partial charge >= 0.3 is 26.5 Å². The molecule has 0 aliphatic heterocycles. The van der Waals surface area contributed by atoms with Crippen molar-refractivity contribution in [2.24, 2.45) is 0 Å². The minimum atomic E-state index is -2.29. The molecule has 0 amide bonds. The third kappa shape index (κ3) is 27.9. The van der Waals surface area contributed by atoms with Crippen LogP contribution in [0, 0.1) is 0 Å². The summed E-state index contributed by atoms with van der Waals surface area (Å²) in [7, 11) is -9.33. The Hall–Kier alpha value is -1.41. The molecule has 0 bridgehead atoms. The van der Waals surface area contributed by atoms with Crippen LogP contribution in [0.3, 0.4) is 0 Å². The zero-order chi connectivity index (χ0) is 38.7. The van der Waals surface area contributed by atoms with Crippen LogP contribution in [0.2, 0.25) is 89.6 Å². The zero-order valence-electron chi connectivity index (χ0n) is 33.8. The molecule has 0 aromatic heterocycles. The Kier molecular flexibility index (Phi) is 23.5. The fourth-order valence-corrected chi connectivity index (χ4v) is 28.3. The van der Waals surface area contributed by atoms with Crippen LogP contribution < -0.4 is 0 Å². The highest BCUT2D eigenvalue weighted by Gasteiger charge is 2.39. The molecule has 0 aromatic carbocycles. The average molecular weight is 777 g/mol. The van der Waals surface area contributed by atoms with Gasteiger partial charge in [-0.2, -0.15) is 0 Å².